The molecule has 2 aromatic rings. The lowest BCUT2D eigenvalue weighted by molar-refractivity contribution is -0.129. The molecule has 2 atom stereocenters. The molecule has 0 saturated heterocycles. The van der Waals surface area contributed by atoms with Gasteiger partial charge in [-0.3, -0.25) is 20.4 Å². The number of benzene rings is 2. The maximum atomic E-state index is 13.1. The van der Waals surface area contributed by atoms with Gasteiger partial charge in [-0.2, -0.15) is 23.5 Å². The second-order valence-electron chi connectivity index (χ2n) is 7.52. The van der Waals surface area contributed by atoms with Crippen LogP contribution in [0.15, 0.2) is 60.7 Å². The predicted molar refractivity (Wildman–Crippen MR) is 142 cm³/mol. The van der Waals surface area contributed by atoms with Crippen molar-refractivity contribution in [1.82, 2.24) is 15.5 Å². The topological polar surface area (TPSA) is 116 Å². The Labute approximate surface area is 210 Å². The Balaban J connectivity index is 2.06. The second-order valence-corrected chi connectivity index (χ2v) is 11.2. The number of thioether (sulfide) groups is 2. The van der Waals surface area contributed by atoms with Gasteiger partial charge in [0.25, 0.3) is 5.91 Å². The fourth-order valence-corrected chi connectivity index (χ4v) is 5.37. The molecule has 8 nitrogen and oxygen atoms in total. The average molecular weight is 525 g/mol. The maximum absolute atomic E-state index is 13.1. The van der Waals surface area contributed by atoms with Crippen LogP contribution in [0.1, 0.15) is 18.4 Å². The van der Waals surface area contributed by atoms with Gasteiger partial charge in [-0.05, 0) is 54.6 Å². The summed E-state index contributed by atoms with van der Waals surface area (Å²) in [5.74, 6) is 0.0878. The molecule has 0 aliphatic rings. The van der Waals surface area contributed by atoms with E-state index in [1.807, 2.05) is 36.8 Å². The third kappa shape index (κ3) is 10.4. The van der Waals surface area contributed by atoms with E-state index < -0.39 is 33.9 Å². The van der Waals surface area contributed by atoms with Crippen molar-refractivity contribution in [1.29, 1.82) is 0 Å². The summed E-state index contributed by atoms with van der Waals surface area (Å²) in [6, 6.07) is 16.1. The second kappa shape index (κ2) is 14.9. The van der Waals surface area contributed by atoms with E-state index in [0.717, 1.165) is 0 Å². The Hall–Kier alpha value is -2.21. The molecule has 186 valence electrons. The summed E-state index contributed by atoms with van der Waals surface area (Å²) in [6.07, 6.45) is 4.51. The molecule has 0 fully saturated rings. The first-order valence-electron chi connectivity index (χ1n) is 10.8. The largest absolute Gasteiger partial charge is 0.343 e. The Kier molecular flexibility index (Phi) is 12.3. The molecule has 0 bridgehead atoms. The summed E-state index contributed by atoms with van der Waals surface area (Å²) in [6.45, 7) is 0. The minimum atomic E-state index is -3.77. The van der Waals surface area contributed by atoms with E-state index in [4.69, 9.17) is 0 Å². The van der Waals surface area contributed by atoms with Crippen molar-refractivity contribution in [2.75, 3.05) is 29.4 Å². The highest BCUT2D eigenvalue weighted by Crippen LogP contribution is 2.10. The van der Waals surface area contributed by atoms with E-state index in [1.54, 1.807) is 48.2 Å². The Bertz CT molecular complexity index is 992. The Morgan fingerprint density at radius 2 is 1.38 bits per heavy atom. The van der Waals surface area contributed by atoms with Crippen LogP contribution in [-0.2, 0) is 25.4 Å². The number of nitrogens with one attached hydrogen (secondary N) is 4. The first-order valence-corrected chi connectivity index (χ1v) is 15.2. The first-order chi connectivity index (χ1) is 16.3. The summed E-state index contributed by atoms with van der Waals surface area (Å²) in [5, 5.41) is 2.74. The molecule has 2 aromatic carbocycles. The van der Waals surface area contributed by atoms with Gasteiger partial charge >= 0.3 is 0 Å². The number of rotatable bonds is 15. The summed E-state index contributed by atoms with van der Waals surface area (Å²) in [7, 11) is -3.77. The number of amides is 2. The normalized spacial score (nSPS) is 13.0. The van der Waals surface area contributed by atoms with Crippen molar-refractivity contribution in [2.24, 2.45) is 0 Å². The van der Waals surface area contributed by atoms with E-state index in [0.29, 0.717) is 35.6 Å². The Morgan fingerprint density at radius 3 is 1.97 bits per heavy atom. The molecule has 11 heteroatoms. The summed E-state index contributed by atoms with van der Waals surface area (Å²) in [4.78, 5) is 25.9. The van der Waals surface area contributed by atoms with Crippen LogP contribution in [0.5, 0.6) is 0 Å². The minimum Gasteiger partial charge on any atom is -0.343 e. The maximum Gasteiger partial charge on any atom is 0.260 e. The highest BCUT2D eigenvalue weighted by Gasteiger charge is 2.28. The molecule has 2 unspecified atom stereocenters. The smallest absolute Gasteiger partial charge is 0.260 e. The van der Waals surface area contributed by atoms with Crippen molar-refractivity contribution in [3.05, 3.63) is 66.2 Å². The molecule has 4 N–H and O–H groups in total. The predicted octanol–water partition coefficient (Wildman–Crippen LogP) is 2.61. The van der Waals surface area contributed by atoms with Crippen molar-refractivity contribution >= 4 is 51.0 Å². The molecule has 0 heterocycles. The monoisotopic (exact) mass is 524 g/mol. The standard InChI is InChI=1S/C23H32N4O4S3/c1-32-15-13-20(23(29)26-25-19-11-7-4-8-12-19)24-22(28)21(14-16-33-2)27-34(30,31)17-18-9-5-3-6-10-18/h3-12,20-21,25,27H,13-17H2,1-2H3,(H,24,28)(H,26,29). The van der Waals surface area contributed by atoms with Gasteiger partial charge in [0, 0.05) is 0 Å². The van der Waals surface area contributed by atoms with Crippen LogP contribution in [0.4, 0.5) is 5.69 Å². The highest BCUT2D eigenvalue weighted by atomic mass is 32.2. The molecule has 0 saturated carbocycles. The number of hydrazine groups is 1. The zero-order valence-electron chi connectivity index (χ0n) is 19.3. The number of hydrogen-bond donors (Lipinski definition) is 4. The summed E-state index contributed by atoms with van der Waals surface area (Å²) < 4.78 is 28.0. The Morgan fingerprint density at radius 1 is 0.824 bits per heavy atom. The molecule has 2 amide bonds. The molecule has 2 rings (SSSR count). The molecule has 0 aromatic heterocycles. The van der Waals surface area contributed by atoms with Gasteiger partial charge < -0.3 is 5.32 Å². The number of hydrogen-bond acceptors (Lipinski definition) is 7. The minimum absolute atomic E-state index is 0.228. The summed E-state index contributed by atoms with van der Waals surface area (Å²) in [5.41, 5.74) is 6.79. The van der Waals surface area contributed by atoms with Crippen LogP contribution < -0.4 is 20.9 Å². The van der Waals surface area contributed by atoms with Gasteiger partial charge in [0.2, 0.25) is 15.9 Å². The summed E-state index contributed by atoms with van der Waals surface area (Å²) >= 11 is 3.07. The lowest BCUT2D eigenvalue weighted by Crippen LogP contribution is -2.54. The third-order valence-corrected chi connectivity index (χ3v) is 7.44. The molecular formula is C23H32N4O4S3. The number of para-hydroxylation sites is 1. The fourth-order valence-electron chi connectivity index (χ4n) is 3.05. The molecule has 0 radical (unpaired) electrons. The quantitative estimate of drug-likeness (QED) is 0.265. The SMILES string of the molecule is CSCCC(NC(=O)C(CCSC)NS(=O)(=O)Cc1ccccc1)C(=O)NNc1ccccc1. The molecular weight excluding hydrogens is 492 g/mol. The van der Waals surface area contributed by atoms with Crippen LogP contribution in [0.3, 0.4) is 0 Å². The van der Waals surface area contributed by atoms with E-state index in [9.17, 15) is 18.0 Å². The van der Waals surface area contributed by atoms with Crippen molar-refractivity contribution in [3.8, 4) is 0 Å². The zero-order valence-corrected chi connectivity index (χ0v) is 21.8. The van der Waals surface area contributed by atoms with Gasteiger partial charge in [0.1, 0.15) is 12.1 Å². The van der Waals surface area contributed by atoms with Crippen LogP contribution in [0, 0.1) is 0 Å². The first kappa shape index (κ1) is 28.0. The van der Waals surface area contributed by atoms with Crippen LogP contribution in [0.2, 0.25) is 0 Å². The lowest BCUT2D eigenvalue weighted by Gasteiger charge is -2.23. The van der Waals surface area contributed by atoms with E-state index in [1.165, 1.54) is 11.8 Å². The number of carbonyl (C=O) groups excluding carboxylic acids is 2. The van der Waals surface area contributed by atoms with E-state index >= 15 is 0 Å². The lowest BCUT2D eigenvalue weighted by atomic mass is 10.1. The van der Waals surface area contributed by atoms with Gasteiger partial charge in [0.15, 0.2) is 0 Å². The van der Waals surface area contributed by atoms with Gasteiger partial charge in [-0.15, -0.1) is 0 Å². The molecule has 34 heavy (non-hydrogen) atoms. The van der Waals surface area contributed by atoms with Crippen molar-refractivity contribution < 1.29 is 18.0 Å². The van der Waals surface area contributed by atoms with E-state index in [2.05, 4.69) is 20.9 Å². The highest BCUT2D eigenvalue weighted by molar-refractivity contribution is 7.98. The van der Waals surface area contributed by atoms with Crippen LogP contribution >= 0.6 is 23.5 Å². The fraction of sp³-hybridized carbons (Fsp3) is 0.391. The average Bonchev–Trinajstić information content (AvgIpc) is 2.83. The molecule has 0 aliphatic heterocycles. The van der Waals surface area contributed by atoms with Crippen LogP contribution in [0.25, 0.3) is 0 Å². The number of sulfonamides is 1. The van der Waals surface area contributed by atoms with Gasteiger partial charge in [-0.25, -0.2) is 13.1 Å². The molecule has 0 spiro atoms. The van der Waals surface area contributed by atoms with Gasteiger partial charge in [-0.1, -0.05) is 48.5 Å². The van der Waals surface area contributed by atoms with Crippen molar-refractivity contribution in [3.63, 3.8) is 0 Å². The van der Waals surface area contributed by atoms with Crippen molar-refractivity contribution in [2.45, 2.75) is 30.7 Å². The van der Waals surface area contributed by atoms with Gasteiger partial charge in [0.05, 0.1) is 11.4 Å². The molecule has 0 aliphatic carbocycles. The number of carbonyl (C=O) groups is 2. The number of anilines is 1. The zero-order chi connectivity index (χ0) is 24.8. The van der Waals surface area contributed by atoms with E-state index in [-0.39, 0.29) is 5.75 Å². The third-order valence-electron chi connectivity index (χ3n) is 4.80. The van der Waals surface area contributed by atoms with Crippen LogP contribution in [-0.4, -0.2) is 56.3 Å².